The molecule has 0 aromatic carbocycles. The smallest absolute Gasteiger partial charge is 0.157 e. The zero-order chi connectivity index (χ0) is 16.0. The van der Waals surface area contributed by atoms with E-state index in [0.717, 1.165) is 17.2 Å². The fraction of sp³-hybridized carbons (Fsp3) is 0.467. The molecule has 0 bridgehead atoms. The maximum atomic E-state index is 10.7. The van der Waals surface area contributed by atoms with E-state index in [-0.39, 0.29) is 6.04 Å². The van der Waals surface area contributed by atoms with Crippen LogP contribution in [0.4, 0.5) is 0 Å². The molecule has 3 aromatic heterocycles. The molecule has 120 valence electrons. The van der Waals surface area contributed by atoms with Gasteiger partial charge in [-0.25, -0.2) is 9.67 Å². The molecule has 1 aliphatic rings. The molecule has 1 saturated carbocycles. The van der Waals surface area contributed by atoms with E-state index in [1.807, 2.05) is 30.0 Å². The molecule has 1 N–H and O–H groups in total. The number of aliphatic hydroxyl groups is 1. The molecule has 7 nitrogen and oxygen atoms in total. The number of aliphatic hydroxyl groups excluding tert-OH is 1. The lowest BCUT2D eigenvalue weighted by atomic mass is 10.1. The molecule has 23 heavy (non-hydrogen) atoms. The van der Waals surface area contributed by atoms with E-state index in [1.165, 1.54) is 24.4 Å². The average molecular weight is 330 g/mol. The van der Waals surface area contributed by atoms with Crippen LogP contribution in [-0.4, -0.2) is 34.0 Å². The molecule has 8 heteroatoms. The van der Waals surface area contributed by atoms with Crippen molar-refractivity contribution < 1.29 is 5.11 Å². The molecule has 3 heterocycles. The fourth-order valence-corrected chi connectivity index (χ4v) is 3.27. The Balaban J connectivity index is 1.69. The van der Waals surface area contributed by atoms with Crippen LogP contribution in [0.3, 0.4) is 0 Å². The summed E-state index contributed by atoms with van der Waals surface area (Å²) in [5.74, 6) is 2.27. The van der Waals surface area contributed by atoms with Crippen molar-refractivity contribution in [3.8, 4) is 5.82 Å². The van der Waals surface area contributed by atoms with Gasteiger partial charge in [0.1, 0.15) is 17.6 Å². The Morgan fingerprint density at radius 1 is 1.35 bits per heavy atom. The van der Waals surface area contributed by atoms with Crippen molar-refractivity contribution in [1.82, 2.24) is 28.9 Å². The van der Waals surface area contributed by atoms with E-state index in [2.05, 4.69) is 19.7 Å². The monoisotopic (exact) mass is 330 g/mol. The Bertz CT molecular complexity index is 815. The normalized spacial score (nSPS) is 16.2. The number of imidazole rings is 1. The van der Waals surface area contributed by atoms with Crippen molar-refractivity contribution in [3.05, 3.63) is 41.1 Å². The number of hydrogen-bond donors (Lipinski definition) is 1. The van der Waals surface area contributed by atoms with Crippen molar-refractivity contribution in [2.45, 2.75) is 44.8 Å². The third kappa shape index (κ3) is 2.57. The maximum absolute atomic E-state index is 10.7. The Morgan fingerprint density at radius 2 is 2.17 bits per heavy atom. The Hall–Kier alpha value is -2.06. The van der Waals surface area contributed by atoms with Crippen LogP contribution in [0, 0.1) is 0 Å². The van der Waals surface area contributed by atoms with Crippen LogP contribution in [0.5, 0.6) is 0 Å². The van der Waals surface area contributed by atoms with Crippen LogP contribution < -0.4 is 0 Å². The van der Waals surface area contributed by atoms with E-state index in [4.69, 9.17) is 0 Å². The highest BCUT2D eigenvalue weighted by atomic mass is 32.1. The molecule has 1 fully saturated rings. The van der Waals surface area contributed by atoms with Gasteiger partial charge in [-0.05, 0) is 38.2 Å². The van der Waals surface area contributed by atoms with Gasteiger partial charge in [-0.2, -0.15) is 4.37 Å². The largest absolute Gasteiger partial charge is 0.382 e. The molecular formula is C15H18N6OS. The lowest BCUT2D eigenvalue weighted by Crippen LogP contribution is -2.07. The lowest BCUT2D eigenvalue weighted by Gasteiger charge is -2.10. The summed E-state index contributed by atoms with van der Waals surface area (Å²) in [6.45, 7) is 4.05. The molecule has 0 saturated heterocycles. The number of nitrogens with zero attached hydrogens (tertiary/aromatic N) is 6. The molecule has 0 amide bonds. The highest BCUT2D eigenvalue weighted by Gasteiger charge is 2.30. The van der Waals surface area contributed by atoms with Crippen molar-refractivity contribution in [2.24, 2.45) is 0 Å². The van der Waals surface area contributed by atoms with Gasteiger partial charge in [0.15, 0.2) is 5.82 Å². The molecule has 1 atom stereocenters. The van der Waals surface area contributed by atoms with Gasteiger partial charge in [0, 0.05) is 35.3 Å². The second kappa shape index (κ2) is 5.54. The summed E-state index contributed by atoms with van der Waals surface area (Å²) in [7, 11) is 0. The van der Waals surface area contributed by atoms with Gasteiger partial charge in [0.05, 0.1) is 6.20 Å². The first-order valence-electron chi connectivity index (χ1n) is 7.73. The van der Waals surface area contributed by atoms with Crippen LogP contribution in [0.15, 0.2) is 24.0 Å². The number of hydrogen-bond acceptors (Lipinski definition) is 6. The van der Waals surface area contributed by atoms with E-state index in [0.29, 0.717) is 11.6 Å². The van der Waals surface area contributed by atoms with Crippen LogP contribution in [0.2, 0.25) is 0 Å². The van der Waals surface area contributed by atoms with E-state index in [1.54, 1.807) is 17.1 Å². The van der Waals surface area contributed by atoms with E-state index >= 15 is 0 Å². The summed E-state index contributed by atoms with van der Waals surface area (Å²) in [5, 5.41) is 20.7. The van der Waals surface area contributed by atoms with Crippen molar-refractivity contribution in [2.75, 3.05) is 0 Å². The average Bonchev–Trinajstić information content (AvgIpc) is 3.02. The minimum atomic E-state index is -0.842. The second-order valence-corrected chi connectivity index (χ2v) is 6.77. The Morgan fingerprint density at radius 3 is 2.87 bits per heavy atom. The number of rotatable bonds is 5. The summed E-state index contributed by atoms with van der Waals surface area (Å²) in [5.41, 5.74) is 1.28. The summed E-state index contributed by atoms with van der Waals surface area (Å²) in [6, 6.07) is 0.207. The third-order valence-electron chi connectivity index (χ3n) is 4.05. The van der Waals surface area contributed by atoms with Crippen molar-refractivity contribution >= 4 is 11.5 Å². The van der Waals surface area contributed by atoms with E-state index in [9.17, 15) is 5.11 Å². The number of aromatic nitrogens is 6. The molecule has 0 radical (unpaired) electrons. The van der Waals surface area contributed by atoms with E-state index < -0.39 is 6.10 Å². The van der Waals surface area contributed by atoms with Gasteiger partial charge in [0.2, 0.25) is 0 Å². The first-order chi connectivity index (χ1) is 11.1. The molecule has 1 aliphatic carbocycles. The molecule has 0 spiro atoms. The Kier molecular flexibility index (Phi) is 3.50. The molecular weight excluding hydrogens is 312 g/mol. The zero-order valence-corrected chi connectivity index (χ0v) is 13.8. The summed E-state index contributed by atoms with van der Waals surface area (Å²) in [6.07, 6.45) is 6.98. The van der Waals surface area contributed by atoms with Crippen molar-refractivity contribution in [1.29, 1.82) is 0 Å². The van der Waals surface area contributed by atoms with Gasteiger partial charge in [-0.3, -0.25) is 4.57 Å². The van der Waals surface area contributed by atoms with Crippen LogP contribution >= 0.6 is 11.5 Å². The second-order valence-electron chi connectivity index (χ2n) is 6.14. The summed E-state index contributed by atoms with van der Waals surface area (Å²) < 4.78 is 8.19. The maximum Gasteiger partial charge on any atom is 0.157 e. The predicted octanol–water partition coefficient (Wildman–Crippen LogP) is 2.46. The lowest BCUT2D eigenvalue weighted by molar-refractivity contribution is 0.215. The standard InChI is InChI=1S/C15H18N6OS/c1-9(2)21-7-12(17-19-21)13(22)11-8-23-18-15(11)20-6-5-16-14(20)10-3-4-10/h5-10,13,22H,3-4H2,1-2H3. The predicted molar refractivity (Wildman–Crippen MR) is 85.7 cm³/mol. The van der Waals surface area contributed by atoms with Gasteiger partial charge >= 0.3 is 0 Å². The fourth-order valence-electron chi connectivity index (χ4n) is 2.57. The summed E-state index contributed by atoms with van der Waals surface area (Å²) >= 11 is 1.33. The molecule has 3 aromatic rings. The van der Waals surface area contributed by atoms with Gasteiger partial charge in [-0.15, -0.1) is 5.10 Å². The van der Waals surface area contributed by atoms with Gasteiger partial charge in [-0.1, -0.05) is 5.21 Å². The highest BCUT2D eigenvalue weighted by Crippen LogP contribution is 2.40. The molecule has 4 rings (SSSR count). The topological polar surface area (TPSA) is 81.6 Å². The minimum Gasteiger partial charge on any atom is -0.382 e. The minimum absolute atomic E-state index is 0.207. The Labute approximate surface area is 137 Å². The third-order valence-corrected chi connectivity index (χ3v) is 4.69. The van der Waals surface area contributed by atoms with Gasteiger partial charge in [0.25, 0.3) is 0 Å². The SMILES string of the molecule is CC(C)n1cc(C(O)c2csnc2-n2ccnc2C2CC2)nn1. The van der Waals surface area contributed by atoms with Crippen LogP contribution in [-0.2, 0) is 0 Å². The summed E-state index contributed by atoms with van der Waals surface area (Å²) in [4.78, 5) is 4.45. The molecule has 0 aliphatic heterocycles. The van der Waals surface area contributed by atoms with Gasteiger partial charge < -0.3 is 5.11 Å². The first-order valence-corrected chi connectivity index (χ1v) is 8.56. The van der Waals surface area contributed by atoms with Crippen LogP contribution in [0.1, 0.15) is 61.8 Å². The molecule has 1 unspecified atom stereocenters. The van der Waals surface area contributed by atoms with Crippen molar-refractivity contribution in [3.63, 3.8) is 0 Å². The van der Waals surface area contributed by atoms with Crippen LogP contribution in [0.25, 0.3) is 5.82 Å². The first kappa shape index (κ1) is 14.5. The highest BCUT2D eigenvalue weighted by molar-refractivity contribution is 7.03. The zero-order valence-electron chi connectivity index (χ0n) is 13.0. The quantitative estimate of drug-likeness (QED) is 0.777.